The van der Waals surface area contributed by atoms with Gasteiger partial charge in [-0.15, -0.1) is 0 Å². The van der Waals surface area contributed by atoms with Gasteiger partial charge in [0, 0.05) is 0 Å². The summed E-state index contributed by atoms with van der Waals surface area (Å²) >= 11 is 0. The fraction of sp³-hybridized carbons (Fsp3) is 0.300. The second-order valence-electron chi connectivity index (χ2n) is 3.01. The predicted octanol–water partition coefficient (Wildman–Crippen LogP) is 1.83. The Bertz CT molecular complexity index is 340. The monoisotopic (exact) mass is 224 g/mol. The number of ether oxygens (including phenoxy) is 1. The first-order valence-corrected chi connectivity index (χ1v) is 4.28. The Labute approximate surface area is 104 Å². The van der Waals surface area contributed by atoms with Gasteiger partial charge in [-0.1, -0.05) is 12.1 Å². The van der Waals surface area contributed by atoms with E-state index < -0.39 is 18.5 Å². The van der Waals surface area contributed by atoms with Crippen LogP contribution in [-0.4, -0.2) is 36.5 Å². The van der Waals surface area contributed by atoms with E-state index >= 15 is 0 Å². The number of carbonyl (C=O) groups is 1. The first kappa shape index (κ1) is 14.9. The van der Waals surface area contributed by atoms with E-state index in [9.17, 15) is 13.6 Å². The van der Waals surface area contributed by atoms with Crippen LogP contribution in [0, 0.1) is 0 Å². The van der Waals surface area contributed by atoms with Crippen molar-refractivity contribution in [1.82, 2.24) is 0 Å². The summed E-state index contributed by atoms with van der Waals surface area (Å²) in [6.07, 6.45) is 0. The van der Waals surface area contributed by atoms with Crippen LogP contribution in [0.25, 0.3) is 0 Å². The summed E-state index contributed by atoms with van der Waals surface area (Å²) in [5, 5.41) is 8.70. The summed E-state index contributed by atoms with van der Waals surface area (Å²) in [7, 11) is 0. The molecule has 84 valence electrons. The third-order valence-electron chi connectivity index (χ3n) is 1.98. The number of benzene rings is 1. The third kappa shape index (κ3) is 4.21. The number of carboxylic acids is 1. The molecule has 6 heteroatoms. The van der Waals surface area contributed by atoms with Crippen molar-refractivity contribution in [2.24, 2.45) is 0 Å². The van der Waals surface area contributed by atoms with Crippen LogP contribution in [0.5, 0.6) is 5.75 Å². The quantitative estimate of drug-likeness (QED) is 0.793. The van der Waals surface area contributed by atoms with Gasteiger partial charge >= 0.3 is 31.4 Å². The molecular formula is C10H11F2LiO3. The molecule has 0 aliphatic heterocycles. The molecule has 0 saturated carbocycles. The fourth-order valence-electron chi connectivity index (χ4n) is 1.08. The van der Waals surface area contributed by atoms with Crippen molar-refractivity contribution in [3.8, 4) is 5.75 Å². The van der Waals surface area contributed by atoms with E-state index in [1.54, 1.807) is 0 Å². The van der Waals surface area contributed by atoms with E-state index in [0.717, 1.165) is 0 Å². The number of alkyl halides is 2. The molecule has 1 aromatic rings. The number of hydrogen-bond acceptors (Lipinski definition) is 2. The third-order valence-corrected chi connectivity index (χ3v) is 1.98. The van der Waals surface area contributed by atoms with Gasteiger partial charge in [0.1, 0.15) is 5.75 Å². The normalized spacial score (nSPS) is 11.8. The van der Waals surface area contributed by atoms with Gasteiger partial charge in [0.2, 0.25) is 0 Å². The zero-order chi connectivity index (χ0) is 11.4. The second kappa shape index (κ2) is 6.51. The minimum atomic E-state index is -2.87. The topological polar surface area (TPSA) is 46.5 Å². The standard InChI is InChI=1S/C10H10F2O3.Li.H/c1-6(9(13)14)7-2-4-8(5-3-7)15-10(11)12;;/h2-6,10H,1H3,(H,13,14);;. The van der Waals surface area contributed by atoms with Crippen LogP contribution >= 0.6 is 0 Å². The van der Waals surface area contributed by atoms with E-state index in [2.05, 4.69) is 4.74 Å². The first-order chi connectivity index (χ1) is 7.00. The van der Waals surface area contributed by atoms with Crippen molar-refractivity contribution in [1.29, 1.82) is 0 Å². The average molecular weight is 224 g/mol. The zero-order valence-electron chi connectivity index (χ0n) is 7.98. The minimum absolute atomic E-state index is 0. The molecule has 16 heavy (non-hydrogen) atoms. The van der Waals surface area contributed by atoms with Crippen LogP contribution in [0.3, 0.4) is 0 Å². The number of halogens is 2. The molecule has 1 aromatic carbocycles. The predicted molar refractivity (Wildman–Crippen MR) is 56.3 cm³/mol. The van der Waals surface area contributed by atoms with Gasteiger partial charge in [0.15, 0.2) is 0 Å². The van der Waals surface area contributed by atoms with Crippen molar-refractivity contribution >= 4 is 24.8 Å². The molecule has 0 aliphatic rings. The number of carboxylic acid groups (broad SMARTS) is 1. The van der Waals surface area contributed by atoms with E-state index in [-0.39, 0.29) is 24.6 Å². The van der Waals surface area contributed by atoms with E-state index in [4.69, 9.17) is 5.11 Å². The maximum atomic E-state index is 11.8. The van der Waals surface area contributed by atoms with Crippen molar-refractivity contribution in [3.63, 3.8) is 0 Å². The molecule has 1 N–H and O–H groups in total. The molecule has 1 rings (SSSR count). The Hall–Kier alpha value is -1.05. The Morgan fingerprint density at radius 3 is 2.19 bits per heavy atom. The molecule has 0 aromatic heterocycles. The molecule has 3 nitrogen and oxygen atoms in total. The van der Waals surface area contributed by atoms with Gasteiger partial charge in [-0.25, -0.2) is 0 Å². The second-order valence-corrected chi connectivity index (χ2v) is 3.01. The van der Waals surface area contributed by atoms with Gasteiger partial charge in [0.05, 0.1) is 5.92 Å². The molecule has 1 unspecified atom stereocenters. The van der Waals surface area contributed by atoms with E-state index in [1.807, 2.05) is 0 Å². The first-order valence-electron chi connectivity index (χ1n) is 4.28. The number of hydrogen-bond donors (Lipinski definition) is 1. The van der Waals surface area contributed by atoms with Gasteiger partial charge < -0.3 is 9.84 Å². The van der Waals surface area contributed by atoms with Crippen molar-refractivity contribution in [2.75, 3.05) is 0 Å². The Balaban J connectivity index is 0.00000225. The molecule has 0 fully saturated rings. The van der Waals surface area contributed by atoms with Gasteiger partial charge in [0.25, 0.3) is 0 Å². The Morgan fingerprint density at radius 2 is 1.81 bits per heavy atom. The summed E-state index contributed by atoms with van der Waals surface area (Å²) in [6, 6.07) is 5.55. The number of aliphatic carboxylic acids is 1. The van der Waals surface area contributed by atoms with Crippen molar-refractivity contribution in [3.05, 3.63) is 29.8 Å². The molecular weight excluding hydrogens is 213 g/mol. The molecule has 0 spiro atoms. The van der Waals surface area contributed by atoms with Crippen molar-refractivity contribution < 1.29 is 23.4 Å². The summed E-state index contributed by atoms with van der Waals surface area (Å²) in [6.45, 7) is -1.35. The van der Waals surface area contributed by atoms with Gasteiger partial charge in [-0.05, 0) is 24.6 Å². The molecule has 0 aliphatic carbocycles. The summed E-state index contributed by atoms with van der Waals surface area (Å²) in [5.41, 5.74) is 0.545. The van der Waals surface area contributed by atoms with Crippen LogP contribution in [0.4, 0.5) is 8.78 Å². The Kier molecular flexibility index (Phi) is 6.08. The van der Waals surface area contributed by atoms with E-state index in [1.165, 1.54) is 31.2 Å². The molecule has 1 atom stereocenters. The SMILES string of the molecule is CC(C(=O)O)c1ccc(OC(F)F)cc1.[LiH]. The molecule has 0 heterocycles. The van der Waals surface area contributed by atoms with Gasteiger partial charge in [-0.2, -0.15) is 8.78 Å². The van der Waals surface area contributed by atoms with Crippen LogP contribution in [0.15, 0.2) is 24.3 Å². The van der Waals surface area contributed by atoms with Crippen LogP contribution in [0.2, 0.25) is 0 Å². The maximum absolute atomic E-state index is 11.8. The zero-order valence-corrected chi connectivity index (χ0v) is 7.98. The van der Waals surface area contributed by atoms with Crippen LogP contribution in [0.1, 0.15) is 18.4 Å². The molecule has 0 bridgehead atoms. The summed E-state index contributed by atoms with van der Waals surface area (Å²) in [5.74, 6) is -1.60. The average Bonchev–Trinajstić information content (AvgIpc) is 2.17. The molecule has 0 saturated heterocycles. The fourth-order valence-corrected chi connectivity index (χ4v) is 1.08. The van der Waals surface area contributed by atoms with Gasteiger partial charge in [-0.3, -0.25) is 4.79 Å². The van der Waals surface area contributed by atoms with Crippen LogP contribution < -0.4 is 4.74 Å². The number of rotatable bonds is 4. The molecule has 0 radical (unpaired) electrons. The van der Waals surface area contributed by atoms with E-state index in [0.29, 0.717) is 5.56 Å². The molecule has 0 amide bonds. The Morgan fingerprint density at radius 1 is 1.31 bits per heavy atom. The van der Waals surface area contributed by atoms with Crippen LogP contribution in [-0.2, 0) is 4.79 Å². The van der Waals surface area contributed by atoms with Crippen molar-refractivity contribution in [2.45, 2.75) is 19.5 Å². The summed E-state index contributed by atoms with van der Waals surface area (Å²) < 4.78 is 27.7. The summed E-state index contributed by atoms with van der Waals surface area (Å²) in [4.78, 5) is 10.6.